The quantitative estimate of drug-likeness (QED) is 0.287. The highest BCUT2D eigenvalue weighted by atomic mass is 28.4. The molecule has 162 valence electrons. The lowest BCUT2D eigenvalue weighted by atomic mass is 10.1. The van der Waals surface area contributed by atoms with Crippen LogP contribution in [0.3, 0.4) is 0 Å². The topological polar surface area (TPSA) is 27.7 Å². The highest BCUT2D eigenvalue weighted by Crippen LogP contribution is 2.37. The molecule has 0 fully saturated rings. The van der Waals surface area contributed by atoms with Crippen molar-refractivity contribution in [3.63, 3.8) is 0 Å². The zero-order chi connectivity index (χ0) is 22.0. The van der Waals surface area contributed by atoms with Crippen LogP contribution in [-0.2, 0) is 13.6 Å². The van der Waals surface area contributed by atoms with E-state index in [-0.39, 0.29) is 17.2 Å². The van der Waals surface area contributed by atoms with E-state index in [0.29, 0.717) is 23.7 Å². The molecule has 30 heavy (non-hydrogen) atoms. The number of rotatable bonds is 12. The van der Waals surface area contributed by atoms with Crippen molar-refractivity contribution in [2.45, 2.75) is 38.5 Å². The second kappa shape index (κ2) is 11.6. The first-order valence-electron chi connectivity index (χ1n) is 10.5. The standard InChI is InChI=1S/C25H36O3Si2/c1-6-14-21(24(28-29)26-19-7-2)20-27-30(25(3,4)5,22-15-10-8-11-16-22)23-17-12-9-13-18-23/h6-13,15-18,21,24H,1-2,14,19-20H2,3-5,29H3. The predicted octanol–water partition coefficient (Wildman–Crippen LogP) is 3.58. The molecular weight excluding hydrogens is 404 g/mol. The van der Waals surface area contributed by atoms with E-state index in [9.17, 15) is 0 Å². The highest BCUT2D eigenvalue weighted by molar-refractivity contribution is 6.99. The molecule has 5 heteroatoms. The first kappa shape index (κ1) is 24.5. The molecule has 0 saturated carbocycles. The Labute approximate surface area is 186 Å². The molecule has 0 N–H and O–H groups in total. The van der Waals surface area contributed by atoms with Crippen molar-refractivity contribution in [1.29, 1.82) is 0 Å². The molecule has 0 aliphatic heterocycles. The molecule has 0 spiro atoms. The van der Waals surface area contributed by atoms with E-state index < -0.39 is 8.32 Å². The predicted molar refractivity (Wildman–Crippen MR) is 133 cm³/mol. The molecule has 0 radical (unpaired) electrons. The molecule has 0 bridgehead atoms. The molecule has 2 aromatic rings. The summed E-state index contributed by atoms with van der Waals surface area (Å²) >= 11 is 0. The Bertz CT molecular complexity index is 732. The van der Waals surface area contributed by atoms with Gasteiger partial charge in [0.2, 0.25) is 0 Å². The molecule has 2 atom stereocenters. The maximum absolute atomic E-state index is 7.06. The van der Waals surface area contributed by atoms with Crippen molar-refractivity contribution in [1.82, 2.24) is 0 Å². The number of benzene rings is 2. The first-order chi connectivity index (χ1) is 14.4. The molecule has 0 aliphatic carbocycles. The number of hydrogen-bond acceptors (Lipinski definition) is 3. The highest BCUT2D eigenvalue weighted by Gasteiger charge is 2.50. The summed E-state index contributed by atoms with van der Waals surface area (Å²) in [6.45, 7) is 15.6. The van der Waals surface area contributed by atoms with Crippen LogP contribution in [0.25, 0.3) is 0 Å². The smallest absolute Gasteiger partial charge is 0.261 e. The van der Waals surface area contributed by atoms with Crippen molar-refractivity contribution in [3.8, 4) is 0 Å². The van der Waals surface area contributed by atoms with Gasteiger partial charge in [0.1, 0.15) is 10.5 Å². The van der Waals surface area contributed by atoms with Crippen LogP contribution in [0, 0.1) is 5.92 Å². The van der Waals surface area contributed by atoms with Crippen LogP contribution >= 0.6 is 0 Å². The average molecular weight is 441 g/mol. The lowest BCUT2D eigenvalue weighted by molar-refractivity contribution is -0.111. The van der Waals surface area contributed by atoms with E-state index in [1.165, 1.54) is 10.4 Å². The Balaban J connectivity index is 2.49. The number of allylic oxidation sites excluding steroid dienone is 1. The molecule has 0 aliphatic rings. The lowest BCUT2D eigenvalue weighted by Crippen LogP contribution is -2.67. The van der Waals surface area contributed by atoms with Crippen molar-refractivity contribution in [2.75, 3.05) is 13.2 Å². The summed E-state index contributed by atoms with van der Waals surface area (Å²) in [6, 6.07) is 21.4. The molecule has 0 aromatic heterocycles. The normalized spacial score (nSPS) is 14.2. The second-order valence-corrected chi connectivity index (χ2v) is 13.3. The SMILES string of the molecule is C=CCOC(O[SiH3])C(CC=C)CO[Si](c1ccccc1)(c1ccccc1)C(C)(C)C. The molecule has 0 amide bonds. The summed E-state index contributed by atoms with van der Waals surface area (Å²) in [5.74, 6) is 0.0709. The van der Waals surface area contributed by atoms with E-state index in [4.69, 9.17) is 13.6 Å². The van der Waals surface area contributed by atoms with Crippen LogP contribution in [0.4, 0.5) is 0 Å². The van der Waals surface area contributed by atoms with Crippen molar-refractivity contribution >= 4 is 29.2 Å². The van der Waals surface area contributed by atoms with Gasteiger partial charge in [-0.3, -0.25) is 0 Å². The molecule has 3 nitrogen and oxygen atoms in total. The van der Waals surface area contributed by atoms with Crippen molar-refractivity contribution in [3.05, 3.63) is 86.0 Å². The summed E-state index contributed by atoms with van der Waals surface area (Å²) in [4.78, 5) is 0. The molecule has 0 saturated heterocycles. The van der Waals surface area contributed by atoms with Crippen molar-refractivity contribution < 1.29 is 13.6 Å². The Morgan fingerprint density at radius 3 is 1.87 bits per heavy atom. The summed E-state index contributed by atoms with van der Waals surface area (Å²) < 4.78 is 18.7. The Kier molecular flexibility index (Phi) is 9.46. The Morgan fingerprint density at radius 2 is 1.47 bits per heavy atom. The van der Waals surface area contributed by atoms with E-state index in [0.717, 1.165) is 6.42 Å². The van der Waals surface area contributed by atoms with Gasteiger partial charge in [-0.15, -0.1) is 13.2 Å². The van der Waals surface area contributed by atoms with Crippen LogP contribution in [0.5, 0.6) is 0 Å². The van der Waals surface area contributed by atoms with Gasteiger partial charge in [-0.1, -0.05) is 93.6 Å². The van der Waals surface area contributed by atoms with E-state index in [1.54, 1.807) is 6.08 Å². The van der Waals surface area contributed by atoms with Gasteiger partial charge in [-0.2, -0.15) is 0 Å². The third-order valence-electron chi connectivity index (χ3n) is 5.40. The van der Waals surface area contributed by atoms with E-state index in [1.807, 2.05) is 6.08 Å². The second-order valence-electron chi connectivity index (χ2n) is 8.48. The summed E-state index contributed by atoms with van der Waals surface area (Å²) in [5, 5.41) is 2.49. The maximum atomic E-state index is 7.06. The first-order valence-corrected chi connectivity index (χ1v) is 13.2. The molecule has 2 unspecified atom stereocenters. The van der Waals surface area contributed by atoms with Gasteiger partial charge in [0.05, 0.1) is 6.61 Å². The fourth-order valence-corrected chi connectivity index (χ4v) is 9.17. The lowest BCUT2D eigenvalue weighted by Gasteiger charge is -2.44. The number of hydrogen-bond donors (Lipinski definition) is 0. The zero-order valence-electron chi connectivity index (χ0n) is 18.8. The monoisotopic (exact) mass is 440 g/mol. The zero-order valence-corrected chi connectivity index (χ0v) is 21.8. The number of ether oxygens (including phenoxy) is 1. The van der Waals surface area contributed by atoms with Gasteiger partial charge in [-0.25, -0.2) is 0 Å². The van der Waals surface area contributed by atoms with Gasteiger partial charge >= 0.3 is 0 Å². The fraction of sp³-hybridized carbons (Fsp3) is 0.360. The van der Waals surface area contributed by atoms with Crippen molar-refractivity contribution in [2.24, 2.45) is 5.92 Å². The van der Waals surface area contributed by atoms with Crippen LogP contribution in [0.2, 0.25) is 5.04 Å². The third kappa shape index (κ3) is 5.68. The van der Waals surface area contributed by atoms with Crippen LogP contribution in [0.1, 0.15) is 27.2 Å². The van der Waals surface area contributed by atoms with Gasteiger partial charge in [0.15, 0.2) is 6.29 Å². The Hall–Kier alpha value is -1.77. The van der Waals surface area contributed by atoms with E-state index in [2.05, 4.69) is 94.6 Å². The minimum atomic E-state index is -2.59. The largest absolute Gasteiger partial charge is 0.407 e. The maximum Gasteiger partial charge on any atom is 0.261 e. The minimum absolute atomic E-state index is 0.0618. The van der Waals surface area contributed by atoms with Crippen LogP contribution in [-0.4, -0.2) is 38.3 Å². The Morgan fingerprint density at radius 1 is 0.933 bits per heavy atom. The average Bonchev–Trinajstić information content (AvgIpc) is 2.75. The van der Waals surface area contributed by atoms with Crippen LogP contribution in [0.15, 0.2) is 86.0 Å². The molecule has 0 heterocycles. The molecular formula is C25H36O3Si2. The summed E-state index contributed by atoms with van der Waals surface area (Å²) in [5.41, 5.74) is 0. The van der Waals surface area contributed by atoms with Gasteiger partial charge in [0.25, 0.3) is 8.32 Å². The van der Waals surface area contributed by atoms with Gasteiger partial charge in [-0.05, 0) is 21.8 Å². The van der Waals surface area contributed by atoms with Gasteiger partial charge in [0, 0.05) is 12.5 Å². The third-order valence-corrected chi connectivity index (χ3v) is 10.9. The van der Waals surface area contributed by atoms with Crippen LogP contribution < -0.4 is 10.4 Å². The molecule has 2 aromatic carbocycles. The summed E-state index contributed by atoms with van der Waals surface area (Å²) in [7, 11) is -1.99. The molecule has 2 rings (SSSR count). The summed E-state index contributed by atoms with van der Waals surface area (Å²) in [6.07, 6.45) is 4.12. The fourth-order valence-electron chi connectivity index (χ4n) is 4.02. The van der Waals surface area contributed by atoms with E-state index >= 15 is 0 Å². The minimum Gasteiger partial charge on any atom is -0.407 e. The van der Waals surface area contributed by atoms with Gasteiger partial charge < -0.3 is 13.6 Å².